The van der Waals surface area contributed by atoms with Crippen molar-refractivity contribution < 1.29 is 14.3 Å². The van der Waals surface area contributed by atoms with Gasteiger partial charge < -0.3 is 19.9 Å². The van der Waals surface area contributed by atoms with Crippen molar-refractivity contribution >= 4 is 29.3 Å². The molecule has 7 nitrogen and oxygen atoms in total. The summed E-state index contributed by atoms with van der Waals surface area (Å²) in [7, 11) is 2.06. The summed E-state index contributed by atoms with van der Waals surface area (Å²) >= 11 is 6.23. The molecule has 2 amide bonds. The molecule has 4 rings (SSSR count). The number of rotatable bonds is 5. The lowest BCUT2D eigenvalue weighted by Crippen LogP contribution is -2.43. The van der Waals surface area contributed by atoms with Crippen molar-refractivity contribution in [1.29, 1.82) is 5.26 Å². The summed E-state index contributed by atoms with van der Waals surface area (Å²) in [5.74, 6) is 0.344. The largest absolute Gasteiger partial charge is 0.444 e. The quantitative estimate of drug-likeness (QED) is 0.459. The van der Waals surface area contributed by atoms with Crippen LogP contribution in [0, 0.1) is 11.3 Å². The Labute approximate surface area is 237 Å². The topological polar surface area (TPSA) is 85.7 Å². The number of nitriles is 1. The van der Waals surface area contributed by atoms with Gasteiger partial charge in [-0.05, 0) is 101 Å². The Morgan fingerprint density at radius 2 is 1.67 bits per heavy atom. The number of likely N-dealkylation sites (tertiary alicyclic amines) is 1. The third kappa shape index (κ3) is 7.45. The smallest absolute Gasteiger partial charge is 0.410 e. The number of benzene rings is 2. The maximum absolute atomic E-state index is 12.9. The fourth-order valence-corrected chi connectivity index (χ4v) is 5.75. The maximum atomic E-state index is 12.9. The number of nitrogens with one attached hydrogen (secondary N) is 1. The van der Waals surface area contributed by atoms with Gasteiger partial charge in [-0.25, -0.2) is 4.79 Å². The van der Waals surface area contributed by atoms with Crippen molar-refractivity contribution in [1.82, 2.24) is 10.2 Å². The second kappa shape index (κ2) is 12.3. The average molecular weight is 551 g/mol. The van der Waals surface area contributed by atoms with Gasteiger partial charge in [0.2, 0.25) is 0 Å². The van der Waals surface area contributed by atoms with Gasteiger partial charge in [-0.1, -0.05) is 23.7 Å². The van der Waals surface area contributed by atoms with Gasteiger partial charge in [0, 0.05) is 43.5 Å². The Balaban J connectivity index is 1.24. The molecule has 0 aromatic heterocycles. The zero-order valence-corrected chi connectivity index (χ0v) is 24.1. The van der Waals surface area contributed by atoms with Gasteiger partial charge >= 0.3 is 6.09 Å². The van der Waals surface area contributed by atoms with E-state index in [0.717, 1.165) is 44.2 Å². The predicted molar refractivity (Wildman–Crippen MR) is 154 cm³/mol. The Bertz CT molecular complexity index is 1200. The second-order valence-electron chi connectivity index (χ2n) is 11.7. The van der Waals surface area contributed by atoms with Crippen molar-refractivity contribution in [3.63, 3.8) is 0 Å². The van der Waals surface area contributed by atoms with Crippen LogP contribution in [0.2, 0.25) is 5.02 Å². The molecule has 39 heavy (non-hydrogen) atoms. The van der Waals surface area contributed by atoms with Crippen LogP contribution < -0.4 is 10.2 Å². The van der Waals surface area contributed by atoms with Gasteiger partial charge in [-0.3, -0.25) is 4.79 Å². The minimum absolute atomic E-state index is 0.0306. The Kier molecular flexibility index (Phi) is 9.07. The zero-order valence-electron chi connectivity index (χ0n) is 23.4. The van der Waals surface area contributed by atoms with E-state index in [1.54, 1.807) is 11.0 Å². The van der Waals surface area contributed by atoms with E-state index in [-0.39, 0.29) is 18.0 Å². The van der Waals surface area contributed by atoms with E-state index in [4.69, 9.17) is 21.6 Å². The summed E-state index contributed by atoms with van der Waals surface area (Å²) in [6.45, 7) is 7.01. The van der Waals surface area contributed by atoms with Gasteiger partial charge in [0.25, 0.3) is 5.91 Å². The molecule has 8 heteroatoms. The molecule has 2 aromatic rings. The van der Waals surface area contributed by atoms with E-state index in [1.807, 2.05) is 45.0 Å². The third-order valence-electron chi connectivity index (χ3n) is 7.85. The molecule has 1 saturated heterocycles. The Hall–Kier alpha value is -3.24. The van der Waals surface area contributed by atoms with Gasteiger partial charge in [-0.2, -0.15) is 5.26 Å². The summed E-state index contributed by atoms with van der Waals surface area (Å²) in [6.07, 6.45) is 5.30. The molecule has 208 valence electrons. The minimum Gasteiger partial charge on any atom is -0.444 e. The second-order valence-corrected chi connectivity index (χ2v) is 12.1. The number of hydrogen-bond donors (Lipinski definition) is 1. The van der Waals surface area contributed by atoms with Crippen molar-refractivity contribution in [2.24, 2.45) is 0 Å². The van der Waals surface area contributed by atoms with E-state index in [1.165, 1.54) is 5.56 Å². The number of hydrogen-bond acceptors (Lipinski definition) is 5. The van der Waals surface area contributed by atoms with E-state index < -0.39 is 5.60 Å². The van der Waals surface area contributed by atoms with Crippen molar-refractivity contribution in [3.05, 3.63) is 64.2 Å². The fraction of sp³-hybridized carbons (Fsp3) is 0.516. The molecule has 1 N–H and O–H groups in total. The first-order chi connectivity index (χ1) is 18.5. The highest BCUT2D eigenvalue weighted by molar-refractivity contribution is 6.32. The number of nitrogens with zero attached hydrogens (tertiary/aromatic N) is 3. The number of amides is 2. The monoisotopic (exact) mass is 550 g/mol. The molecule has 0 atom stereocenters. The van der Waals surface area contributed by atoms with Gasteiger partial charge in [0.15, 0.2) is 0 Å². The summed E-state index contributed by atoms with van der Waals surface area (Å²) in [5.41, 5.74) is 2.89. The first-order valence-electron chi connectivity index (χ1n) is 13.9. The predicted octanol–water partition coefficient (Wildman–Crippen LogP) is 6.50. The first-order valence-corrected chi connectivity index (χ1v) is 14.2. The molecule has 2 aromatic carbocycles. The van der Waals surface area contributed by atoms with E-state index >= 15 is 0 Å². The SMILES string of the molecule is CN(c1ccc(C#N)c(Cl)c1)[C@H]1CC[C@H](NC(=O)c2ccc(C3CCN(C(=O)OC(C)(C)C)CC3)cc2)CC1. The van der Waals surface area contributed by atoms with E-state index in [2.05, 4.69) is 35.5 Å². The number of piperidine rings is 1. The van der Waals surface area contributed by atoms with E-state index in [9.17, 15) is 9.59 Å². The van der Waals surface area contributed by atoms with Crippen LogP contribution in [0.3, 0.4) is 0 Å². The fourth-order valence-electron chi connectivity index (χ4n) is 5.53. The standard InChI is InChI=1S/C31H39ClN4O3/c1-31(2,3)39-30(38)36-17-15-22(16-18-36)21-5-7-23(8-6-21)29(37)34-25-10-13-26(14-11-25)35(4)27-12-9-24(20-33)28(32)19-27/h5-9,12,19,22,25-26H,10-11,13-18H2,1-4H3,(H,34,37)/t25-,26-. The summed E-state index contributed by atoms with van der Waals surface area (Å²) in [4.78, 5) is 29.3. The molecule has 0 unspecified atom stereocenters. The molecular weight excluding hydrogens is 512 g/mol. The highest BCUT2D eigenvalue weighted by Crippen LogP contribution is 2.31. The third-order valence-corrected chi connectivity index (χ3v) is 8.16. The van der Waals surface area contributed by atoms with Crippen LogP contribution in [0.4, 0.5) is 10.5 Å². The zero-order chi connectivity index (χ0) is 28.2. The molecule has 1 aliphatic heterocycles. The molecule has 0 spiro atoms. The van der Waals surface area contributed by atoms with Crippen molar-refractivity contribution in [2.45, 2.75) is 82.9 Å². The van der Waals surface area contributed by atoms with Crippen LogP contribution in [-0.4, -0.2) is 54.7 Å². The highest BCUT2D eigenvalue weighted by atomic mass is 35.5. The lowest BCUT2D eigenvalue weighted by molar-refractivity contribution is 0.0204. The molecule has 2 aliphatic rings. The molecule has 0 bridgehead atoms. The van der Waals surface area contributed by atoms with Crippen molar-refractivity contribution in [2.75, 3.05) is 25.0 Å². The average Bonchev–Trinajstić information content (AvgIpc) is 2.92. The number of anilines is 1. The van der Waals surface area contributed by atoms with Crippen LogP contribution in [0.1, 0.15) is 86.7 Å². The molecule has 2 fully saturated rings. The Morgan fingerprint density at radius 1 is 1.03 bits per heavy atom. The molecule has 0 radical (unpaired) electrons. The van der Waals surface area contributed by atoms with E-state index in [0.29, 0.717) is 41.2 Å². The molecule has 1 saturated carbocycles. The Morgan fingerprint density at radius 3 is 2.23 bits per heavy atom. The maximum Gasteiger partial charge on any atom is 0.410 e. The number of ether oxygens (including phenoxy) is 1. The molecule has 1 aliphatic carbocycles. The van der Waals surface area contributed by atoms with Gasteiger partial charge in [-0.15, -0.1) is 0 Å². The highest BCUT2D eigenvalue weighted by Gasteiger charge is 2.28. The normalized spacial score (nSPS) is 20.2. The molecular formula is C31H39ClN4O3. The summed E-state index contributed by atoms with van der Waals surface area (Å²) in [6, 6.07) is 16.1. The van der Waals surface area contributed by atoms with Crippen LogP contribution in [0.15, 0.2) is 42.5 Å². The summed E-state index contributed by atoms with van der Waals surface area (Å²) in [5, 5.41) is 12.8. The van der Waals surface area contributed by atoms with Crippen LogP contribution >= 0.6 is 11.6 Å². The summed E-state index contributed by atoms with van der Waals surface area (Å²) < 4.78 is 5.50. The lowest BCUT2D eigenvalue weighted by atomic mass is 9.88. The van der Waals surface area contributed by atoms with Gasteiger partial charge in [0.05, 0.1) is 10.6 Å². The van der Waals surface area contributed by atoms with Crippen molar-refractivity contribution in [3.8, 4) is 6.07 Å². The number of halogens is 1. The first kappa shape index (κ1) is 28.8. The lowest BCUT2D eigenvalue weighted by Gasteiger charge is -2.36. The van der Waals surface area contributed by atoms with Crippen LogP contribution in [-0.2, 0) is 4.74 Å². The van der Waals surface area contributed by atoms with Gasteiger partial charge in [0.1, 0.15) is 11.7 Å². The number of carbonyl (C=O) groups is 2. The minimum atomic E-state index is -0.485. The molecule has 1 heterocycles. The van der Waals surface area contributed by atoms with Crippen LogP contribution in [0.5, 0.6) is 0 Å². The number of carbonyl (C=O) groups excluding carboxylic acids is 2. The van der Waals surface area contributed by atoms with Crippen LogP contribution in [0.25, 0.3) is 0 Å².